The number of hydrogen-bond acceptors (Lipinski definition) is 4. The molecule has 0 unspecified atom stereocenters. The Morgan fingerprint density at radius 1 is 1.35 bits per heavy atom. The van der Waals surface area contributed by atoms with Gasteiger partial charge in [0, 0.05) is 6.04 Å². The first-order valence-electron chi connectivity index (χ1n) is 5.82. The van der Waals surface area contributed by atoms with Crippen LogP contribution in [-0.4, -0.2) is 24.9 Å². The van der Waals surface area contributed by atoms with Crippen LogP contribution in [0.4, 0.5) is 0 Å². The van der Waals surface area contributed by atoms with Crippen molar-refractivity contribution in [3.63, 3.8) is 0 Å². The zero-order valence-corrected chi connectivity index (χ0v) is 10.6. The van der Waals surface area contributed by atoms with Crippen molar-refractivity contribution in [2.24, 2.45) is 5.73 Å². The zero-order chi connectivity index (χ0) is 12.8. The molecule has 3 N–H and O–H groups in total. The molecule has 4 heteroatoms. The molecule has 17 heavy (non-hydrogen) atoms. The Labute approximate surface area is 102 Å². The van der Waals surface area contributed by atoms with Gasteiger partial charge in [0.1, 0.15) is 0 Å². The summed E-state index contributed by atoms with van der Waals surface area (Å²) in [6.45, 7) is 4.22. The van der Waals surface area contributed by atoms with E-state index in [-0.39, 0.29) is 6.04 Å². The van der Waals surface area contributed by atoms with Crippen LogP contribution >= 0.6 is 0 Å². The highest BCUT2D eigenvalue weighted by molar-refractivity contribution is 5.43. The first-order valence-corrected chi connectivity index (χ1v) is 5.82. The number of aliphatic hydroxyl groups is 1. The molecule has 0 fully saturated rings. The van der Waals surface area contributed by atoms with Gasteiger partial charge >= 0.3 is 0 Å². The molecule has 0 amide bonds. The molecule has 0 bridgehead atoms. The van der Waals surface area contributed by atoms with Crippen LogP contribution in [0.25, 0.3) is 0 Å². The summed E-state index contributed by atoms with van der Waals surface area (Å²) in [6, 6.07) is 5.41. The number of benzene rings is 1. The Hall–Kier alpha value is -1.26. The topological polar surface area (TPSA) is 64.7 Å². The number of rotatable bonds is 6. The quantitative estimate of drug-likeness (QED) is 0.795. The lowest BCUT2D eigenvalue weighted by Gasteiger charge is -2.16. The predicted octanol–water partition coefficient (Wildman–Crippen LogP) is 1.86. The average molecular weight is 239 g/mol. The number of nitrogens with two attached hydrogens (primary N) is 1. The second kappa shape index (κ2) is 6.47. The van der Waals surface area contributed by atoms with Gasteiger partial charge in [-0.05, 0) is 38.0 Å². The highest BCUT2D eigenvalue weighted by Crippen LogP contribution is 2.30. The van der Waals surface area contributed by atoms with E-state index in [9.17, 15) is 5.11 Å². The third-order valence-corrected chi connectivity index (χ3v) is 2.51. The first-order chi connectivity index (χ1) is 8.08. The van der Waals surface area contributed by atoms with Gasteiger partial charge in [-0.25, -0.2) is 0 Å². The van der Waals surface area contributed by atoms with Gasteiger partial charge in [0.15, 0.2) is 11.5 Å². The Bertz CT molecular complexity index is 353. The lowest BCUT2D eigenvalue weighted by atomic mass is 10.0. The third kappa shape index (κ3) is 3.91. The molecular formula is C13H21NO3. The van der Waals surface area contributed by atoms with E-state index in [1.807, 2.05) is 25.1 Å². The molecule has 0 spiro atoms. The van der Waals surface area contributed by atoms with Crippen LogP contribution < -0.4 is 15.2 Å². The van der Waals surface area contributed by atoms with Crippen LogP contribution in [0.5, 0.6) is 11.5 Å². The molecule has 0 aliphatic rings. The van der Waals surface area contributed by atoms with Crippen molar-refractivity contribution in [1.29, 1.82) is 0 Å². The van der Waals surface area contributed by atoms with Crippen molar-refractivity contribution in [2.75, 3.05) is 13.7 Å². The molecule has 0 aromatic heterocycles. The van der Waals surface area contributed by atoms with Crippen LogP contribution in [0.15, 0.2) is 18.2 Å². The summed E-state index contributed by atoms with van der Waals surface area (Å²) < 4.78 is 10.7. The molecule has 0 heterocycles. The van der Waals surface area contributed by atoms with Crippen molar-refractivity contribution in [1.82, 2.24) is 0 Å². The van der Waals surface area contributed by atoms with Crippen molar-refractivity contribution in [3.8, 4) is 11.5 Å². The zero-order valence-electron chi connectivity index (χ0n) is 10.6. The summed E-state index contributed by atoms with van der Waals surface area (Å²) in [5.74, 6) is 1.38. The molecule has 2 atom stereocenters. The van der Waals surface area contributed by atoms with Gasteiger partial charge in [0.2, 0.25) is 0 Å². The second-order valence-electron chi connectivity index (χ2n) is 4.03. The van der Waals surface area contributed by atoms with Gasteiger partial charge < -0.3 is 20.3 Å². The van der Waals surface area contributed by atoms with Gasteiger partial charge in [-0.15, -0.1) is 0 Å². The number of ether oxygens (including phenoxy) is 2. The van der Waals surface area contributed by atoms with Gasteiger partial charge in [-0.2, -0.15) is 0 Å². The largest absolute Gasteiger partial charge is 0.493 e. The van der Waals surface area contributed by atoms with Gasteiger partial charge in [-0.3, -0.25) is 0 Å². The fourth-order valence-electron chi connectivity index (χ4n) is 1.70. The van der Waals surface area contributed by atoms with E-state index < -0.39 is 6.10 Å². The number of hydrogen-bond donors (Lipinski definition) is 2. The van der Waals surface area contributed by atoms with Crippen LogP contribution in [0, 0.1) is 0 Å². The molecule has 4 nitrogen and oxygen atoms in total. The van der Waals surface area contributed by atoms with Crippen LogP contribution in [0.1, 0.15) is 31.9 Å². The number of aliphatic hydroxyl groups excluding tert-OH is 1. The molecule has 0 saturated carbocycles. The van der Waals surface area contributed by atoms with E-state index in [2.05, 4.69) is 0 Å². The van der Waals surface area contributed by atoms with Crippen LogP contribution in [-0.2, 0) is 0 Å². The summed E-state index contributed by atoms with van der Waals surface area (Å²) in [5, 5.41) is 9.32. The SMILES string of the molecule is CCOc1cc([C@H](N)C[C@@H](C)O)ccc1OC. The molecule has 1 rings (SSSR count). The van der Waals surface area contributed by atoms with Crippen molar-refractivity contribution in [3.05, 3.63) is 23.8 Å². The summed E-state index contributed by atoms with van der Waals surface area (Å²) in [4.78, 5) is 0. The van der Waals surface area contributed by atoms with Gasteiger partial charge in [-0.1, -0.05) is 6.07 Å². The molecule has 0 aliphatic heterocycles. The maximum absolute atomic E-state index is 9.32. The van der Waals surface area contributed by atoms with Crippen LogP contribution in [0.2, 0.25) is 0 Å². The van der Waals surface area contributed by atoms with Gasteiger partial charge in [0.25, 0.3) is 0 Å². The van der Waals surface area contributed by atoms with E-state index in [0.717, 1.165) is 5.56 Å². The van der Waals surface area contributed by atoms with E-state index in [1.165, 1.54) is 0 Å². The highest BCUT2D eigenvalue weighted by Gasteiger charge is 2.12. The van der Waals surface area contributed by atoms with E-state index >= 15 is 0 Å². The number of methoxy groups -OCH3 is 1. The summed E-state index contributed by atoms with van der Waals surface area (Å²) in [5.41, 5.74) is 6.94. The maximum atomic E-state index is 9.32. The molecule has 0 radical (unpaired) electrons. The molecular weight excluding hydrogens is 218 g/mol. The van der Waals surface area contributed by atoms with Crippen molar-refractivity contribution < 1.29 is 14.6 Å². The first kappa shape index (κ1) is 13.8. The Kier molecular flexibility index (Phi) is 5.25. The Morgan fingerprint density at radius 2 is 2.06 bits per heavy atom. The molecule has 1 aromatic carbocycles. The minimum atomic E-state index is -0.414. The monoisotopic (exact) mass is 239 g/mol. The van der Waals surface area contributed by atoms with E-state index in [1.54, 1.807) is 14.0 Å². The minimum absolute atomic E-state index is 0.194. The standard InChI is InChI=1S/C13H21NO3/c1-4-17-13-8-10(5-6-12(13)16-3)11(14)7-9(2)15/h5-6,8-9,11,15H,4,7,14H2,1-3H3/t9-,11-/m1/s1. The molecule has 1 aromatic rings. The smallest absolute Gasteiger partial charge is 0.161 e. The minimum Gasteiger partial charge on any atom is -0.493 e. The second-order valence-corrected chi connectivity index (χ2v) is 4.03. The normalized spacial score (nSPS) is 14.2. The van der Waals surface area contributed by atoms with Crippen LogP contribution in [0.3, 0.4) is 0 Å². The predicted molar refractivity (Wildman–Crippen MR) is 67.4 cm³/mol. The molecule has 0 aliphatic carbocycles. The molecule has 96 valence electrons. The average Bonchev–Trinajstić information content (AvgIpc) is 2.28. The van der Waals surface area contributed by atoms with Crippen molar-refractivity contribution >= 4 is 0 Å². The summed E-state index contributed by atoms with van der Waals surface area (Å²) >= 11 is 0. The maximum Gasteiger partial charge on any atom is 0.161 e. The van der Waals surface area contributed by atoms with Crippen molar-refractivity contribution in [2.45, 2.75) is 32.4 Å². The fraction of sp³-hybridized carbons (Fsp3) is 0.538. The van der Waals surface area contributed by atoms with E-state index in [4.69, 9.17) is 15.2 Å². The molecule has 0 saturated heterocycles. The summed E-state index contributed by atoms with van der Waals surface area (Å²) in [7, 11) is 1.60. The Morgan fingerprint density at radius 3 is 2.59 bits per heavy atom. The summed E-state index contributed by atoms with van der Waals surface area (Å²) in [6.07, 6.45) is 0.111. The lowest BCUT2D eigenvalue weighted by molar-refractivity contribution is 0.175. The van der Waals surface area contributed by atoms with E-state index in [0.29, 0.717) is 24.5 Å². The third-order valence-electron chi connectivity index (χ3n) is 2.51. The fourth-order valence-corrected chi connectivity index (χ4v) is 1.70. The Balaban J connectivity index is 2.90. The lowest BCUT2D eigenvalue weighted by Crippen LogP contribution is -2.16. The van der Waals surface area contributed by atoms with Gasteiger partial charge in [0.05, 0.1) is 19.8 Å². The highest BCUT2D eigenvalue weighted by atomic mass is 16.5.